The Bertz CT molecular complexity index is 153. The summed E-state index contributed by atoms with van der Waals surface area (Å²) in [5, 5.41) is 11.5. The Hall–Kier alpha value is -0.650. The second-order valence-corrected chi connectivity index (χ2v) is 3.20. The molecule has 1 atom stereocenters. The highest BCUT2D eigenvalue weighted by molar-refractivity contribution is 5.76. The molecule has 84 valence electrons. The predicted octanol–water partition coefficient (Wildman–Crippen LogP) is -0.904. The van der Waals surface area contributed by atoms with E-state index in [2.05, 4.69) is 5.32 Å². The molecular weight excluding hydrogens is 184 g/mol. The number of rotatable bonds is 9. The third kappa shape index (κ3) is 7.97. The molecule has 14 heavy (non-hydrogen) atoms. The minimum absolute atomic E-state index is 0.0616. The van der Waals surface area contributed by atoms with Gasteiger partial charge in [0.15, 0.2) is 0 Å². The number of nitrogens with two attached hydrogens (primary N) is 1. The van der Waals surface area contributed by atoms with Crippen LogP contribution >= 0.6 is 0 Å². The number of ether oxygens (including phenoxy) is 1. The molecule has 0 aliphatic carbocycles. The quantitative estimate of drug-likeness (QED) is 0.425. The zero-order valence-electron chi connectivity index (χ0n) is 8.66. The van der Waals surface area contributed by atoms with E-state index in [1.165, 1.54) is 0 Å². The maximum Gasteiger partial charge on any atom is 0.221 e. The monoisotopic (exact) mass is 204 g/mol. The van der Waals surface area contributed by atoms with Gasteiger partial charge in [-0.15, -0.1) is 0 Å². The van der Waals surface area contributed by atoms with Gasteiger partial charge in [-0.2, -0.15) is 0 Å². The highest BCUT2D eigenvalue weighted by Crippen LogP contribution is 1.89. The van der Waals surface area contributed by atoms with Crippen LogP contribution in [-0.2, 0) is 9.53 Å². The standard InChI is InChI=1S/C9H20N2O3/c1-8(9(10)13)7-11-3-2-5-14-6-4-12/h8,11-12H,2-7H2,1H3,(H2,10,13). The fourth-order valence-electron chi connectivity index (χ4n) is 0.885. The number of carbonyl (C=O) groups is 1. The molecule has 0 spiro atoms. The van der Waals surface area contributed by atoms with Crippen LogP contribution in [-0.4, -0.2) is 43.9 Å². The van der Waals surface area contributed by atoms with Gasteiger partial charge in [-0.1, -0.05) is 6.92 Å². The van der Waals surface area contributed by atoms with Crippen LogP contribution in [0.4, 0.5) is 0 Å². The van der Waals surface area contributed by atoms with Crippen molar-refractivity contribution in [1.82, 2.24) is 5.32 Å². The average Bonchev–Trinajstić information content (AvgIpc) is 2.16. The van der Waals surface area contributed by atoms with Crippen molar-refractivity contribution in [1.29, 1.82) is 0 Å². The van der Waals surface area contributed by atoms with Gasteiger partial charge in [-0.25, -0.2) is 0 Å². The van der Waals surface area contributed by atoms with Crippen LogP contribution in [0.3, 0.4) is 0 Å². The van der Waals surface area contributed by atoms with Crippen LogP contribution in [0, 0.1) is 5.92 Å². The Kier molecular flexibility index (Phi) is 8.51. The topological polar surface area (TPSA) is 84.6 Å². The number of carbonyl (C=O) groups excluding carboxylic acids is 1. The summed E-state index contributed by atoms with van der Waals surface area (Å²) in [5.74, 6) is -0.414. The molecule has 0 radical (unpaired) electrons. The molecule has 0 aliphatic heterocycles. The first kappa shape index (κ1) is 13.4. The van der Waals surface area contributed by atoms with Crippen molar-refractivity contribution in [2.45, 2.75) is 13.3 Å². The van der Waals surface area contributed by atoms with Gasteiger partial charge in [0.2, 0.25) is 5.91 Å². The molecule has 0 aromatic rings. The van der Waals surface area contributed by atoms with E-state index in [1.54, 1.807) is 6.92 Å². The summed E-state index contributed by atoms with van der Waals surface area (Å²) in [6.45, 7) is 4.26. The van der Waals surface area contributed by atoms with Gasteiger partial charge in [-0.3, -0.25) is 4.79 Å². The maximum absolute atomic E-state index is 10.6. The number of amides is 1. The number of primary amides is 1. The minimum atomic E-state index is -0.283. The number of nitrogens with one attached hydrogen (secondary N) is 1. The van der Waals surface area contributed by atoms with Gasteiger partial charge in [0.25, 0.3) is 0 Å². The number of aliphatic hydroxyl groups excluding tert-OH is 1. The van der Waals surface area contributed by atoms with Crippen molar-refractivity contribution in [2.24, 2.45) is 11.7 Å². The third-order valence-corrected chi connectivity index (χ3v) is 1.81. The van der Waals surface area contributed by atoms with Crippen molar-refractivity contribution < 1.29 is 14.6 Å². The SMILES string of the molecule is CC(CNCCCOCCO)C(N)=O. The van der Waals surface area contributed by atoms with Gasteiger partial charge in [0, 0.05) is 19.1 Å². The van der Waals surface area contributed by atoms with E-state index in [4.69, 9.17) is 15.6 Å². The van der Waals surface area contributed by atoms with Crippen LogP contribution < -0.4 is 11.1 Å². The molecule has 0 heterocycles. The number of aliphatic hydroxyl groups is 1. The molecule has 0 saturated carbocycles. The summed E-state index contributed by atoms with van der Waals surface area (Å²) in [6, 6.07) is 0. The van der Waals surface area contributed by atoms with Crippen molar-refractivity contribution in [2.75, 3.05) is 32.9 Å². The minimum Gasteiger partial charge on any atom is -0.394 e. The molecule has 5 nitrogen and oxygen atoms in total. The van der Waals surface area contributed by atoms with E-state index in [1.807, 2.05) is 0 Å². The number of hydrogen-bond acceptors (Lipinski definition) is 4. The van der Waals surface area contributed by atoms with Gasteiger partial charge in [-0.05, 0) is 13.0 Å². The Balaban J connectivity index is 3.09. The fourth-order valence-corrected chi connectivity index (χ4v) is 0.885. The molecule has 4 N–H and O–H groups in total. The molecule has 0 rings (SSSR count). The third-order valence-electron chi connectivity index (χ3n) is 1.81. The molecule has 1 unspecified atom stereocenters. The summed E-state index contributed by atoms with van der Waals surface area (Å²) < 4.78 is 5.06. The molecule has 1 amide bonds. The summed E-state index contributed by atoms with van der Waals surface area (Å²) in [7, 11) is 0. The summed E-state index contributed by atoms with van der Waals surface area (Å²) >= 11 is 0. The van der Waals surface area contributed by atoms with Gasteiger partial charge in [0.05, 0.1) is 13.2 Å². The second kappa shape index (κ2) is 8.93. The van der Waals surface area contributed by atoms with E-state index < -0.39 is 0 Å². The Morgan fingerprint density at radius 3 is 2.86 bits per heavy atom. The highest BCUT2D eigenvalue weighted by atomic mass is 16.5. The Labute approximate surface area is 84.6 Å². The summed E-state index contributed by atoms with van der Waals surface area (Å²) in [6.07, 6.45) is 0.867. The first-order valence-corrected chi connectivity index (χ1v) is 4.87. The van der Waals surface area contributed by atoms with Crippen LogP contribution in [0.25, 0.3) is 0 Å². The Morgan fingerprint density at radius 1 is 1.57 bits per heavy atom. The molecule has 0 fully saturated rings. The van der Waals surface area contributed by atoms with Crippen LogP contribution in [0.2, 0.25) is 0 Å². The normalized spacial score (nSPS) is 12.7. The Morgan fingerprint density at radius 2 is 2.29 bits per heavy atom. The molecule has 0 aliphatic rings. The van der Waals surface area contributed by atoms with Crippen molar-refractivity contribution in [3.8, 4) is 0 Å². The first-order chi connectivity index (χ1) is 6.68. The van der Waals surface area contributed by atoms with E-state index in [0.29, 0.717) is 19.8 Å². The summed E-state index contributed by atoms with van der Waals surface area (Å²) in [5.41, 5.74) is 5.09. The zero-order chi connectivity index (χ0) is 10.8. The van der Waals surface area contributed by atoms with E-state index >= 15 is 0 Å². The molecule has 0 aromatic carbocycles. The molecule has 0 aromatic heterocycles. The van der Waals surface area contributed by atoms with Crippen LogP contribution in [0.1, 0.15) is 13.3 Å². The van der Waals surface area contributed by atoms with Crippen LogP contribution in [0.5, 0.6) is 0 Å². The van der Waals surface area contributed by atoms with E-state index in [-0.39, 0.29) is 18.4 Å². The molecule has 0 bridgehead atoms. The lowest BCUT2D eigenvalue weighted by Crippen LogP contribution is -2.31. The lowest BCUT2D eigenvalue weighted by molar-refractivity contribution is -0.121. The van der Waals surface area contributed by atoms with Crippen LogP contribution in [0.15, 0.2) is 0 Å². The smallest absolute Gasteiger partial charge is 0.221 e. The average molecular weight is 204 g/mol. The van der Waals surface area contributed by atoms with Crippen molar-refractivity contribution in [3.63, 3.8) is 0 Å². The fraction of sp³-hybridized carbons (Fsp3) is 0.889. The molecular formula is C9H20N2O3. The van der Waals surface area contributed by atoms with Crippen molar-refractivity contribution >= 4 is 5.91 Å². The lowest BCUT2D eigenvalue weighted by atomic mass is 10.2. The van der Waals surface area contributed by atoms with Crippen molar-refractivity contribution in [3.05, 3.63) is 0 Å². The lowest BCUT2D eigenvalue weighted by Gasteiger charge is -2.08. The van der Waals surface area contributed by atoms with E-state index in [9.17, 15) is 4.79 Å². The summed E-state index contributed by atoms with van der Waals surface area (Å²) in [4.78, 5) is 10.6. The largest absolute Gasteiger partial charge is 0.394 e. The van der Waals surface area contributed by atoms with Gasteiger partial charge < -0.3 is 20.9 Å². The molecule has 0 saturated heterocycles. The maximum atomic E-state index is 10.6. The van der Waals surface area contributed by atoms with E-state index in [0.717, 1.165) is 13.0 Å². The number of hydrogen-bond donors (Lipinski definition) is 3. The van der Waals surface area contributed by atoms with Gasteiger partial charge in [0.1, 0.15) is 0 Å². The molecule has 5 heteroatoms. The van der Waals surface area contributed by atoms with Gasteiger partial charge >= 0.3 is 0 Å². The predicted molar refractivity (Wildman–Crippen MR) is 53.7 cm³/mol. The second-order valence-electron chi connectivity index (χ2n) is 3.20. The highest BCUT2D eigenvalue weighted by Gasteiger charge is 2.06. The first-order valence-electron chi connectivity index (χ1n) is 4.87. The zero-order valence-corrected chi connectivity index (χ0v) is 8.66.